The predicted octanol–water partition coefficient (Wildman–Crippen LogP) is 3.66. The van der Waals surface area contributed by atoms with Gasteiger partial charge in [0.05, 0.1) is 17.7 Å². The highest BCUT2D eigenvalue weighted by atomic mass is 35.5. The number of H-pyrrole nitrogens is 1. The fourth-order valence-corrected chi connectivity index (χ4v) is 4.37. The van der Waals surface area contributed by atoms with E-state index >= 15 is 0 Å². The van der Waals surface area contributed by atoms with Crippen LogP contribution >= 0.6 is 24.8 Å². The Kier molecular flexibility index (Phi) is 10.2. The predicted molar refractivity (Wildman–Crippen MR) is 142 cm³/mol. The smallest absolute Gasteiger partial charge is 0.311 e. The second-order valence-electron chi connectivity index (χ2n) is 8.66. The van der Waals surface area contributed by atoms with Gasteiger partial charge in [-0.05, 0) is 53.7 Å². The van der Waals surface area contributed by atoms with Crippen LogP contribution in [0.5, 0.6) is 5.75 Å². The average Bonchev–Trinajstić information content (AvgIpc) is 3.45. The van der Waals surface area contributed by atoms with Crippen molar-refractivity contribution in [3.8, 4) is 5.75 Å². The van der Waals surface area contributed by atoms with E-state index in [4.69, 9.17) is 15.9 Å². The molecule has 11 heteroatoms. The van der Waals surface area contributed by atoms with Crippen LogP contribution in [0.1, 0.15) is 41.5 Å². The Labute approximate surface area is 220 Å². The zero-order chi connectivity index (χ0) is 24.2. The van der Waals surface area contributed by atoms with Crippen molar-refractivity contribution in [2.45, 2.75) is 37.2 Å². The molecular formula is C25H30Cl2N4O5. The molecule has 2 aromatic carbocycles. The van der Waals surface area contributed by atoms with Gasteiger partial charge in [0, 0.05) is 30.6 Å². The van der Waals surface area contributed by atoms with Crippen LogP contribution < -0.4 is 15.8 Å². The lowest BCUT2D eigenvalue weighted by Gasteiger charge is -2.15. The van der Waals surface area contributed by atoms with Gasteiger partial charge in [0.15, 0.2) is 0 Å². The summed E-state index contributed by atoms with van der Waals surface area (Å²) in [5.41, 5.74) is 8.07. The number of rotatable bonds is 10. The lowest BCUT2D eigenvalue weighted by molar-refractivity contribution is -0.139. The summed E-state index contributed by atoms with van der Waals surface area (Å²) in [7, 11) is 0. The maximum atomic E-state index is 12.1. The van der Waals surface area contributed by atoms with Gasteiger partial charge >= 0.3 is 11.9 Å². The Hall–Kier alpha value is -3.27. The second-order valence-corrected chi connectivity index (χ2v) is 8.66. The first-order valence-corrected chi connectivity index (χ1v) is 11.2. The number of ether oxygens (including phenoxy) is 1. The lowest BCUT2D eigenvalue weighted by atomic mass is 9.94. The number of carbonyl (C=O) groups is 2. The van der Waals surface area contributed by atoms with Crippen molar-refractivity contribution < 1.29 is 24.5 Å². The molecule has 0 aliphatic carbocycles. The van der Waals surface area contributed by atoms with Gasteiger partial charge in [0.1, 0.15) is 11.9 Å². The van der Waals surface area contributed by atoms with Gasteiger partial charge in [-0.2, -0.15) is 0 Å². The minimum absolute atomic E-state index is 0. The summed E-state index contributed by atoms with van der Waals surface area (Å²) in [5.74, 6) is -3.12. The molecule has 1 saturated heterocycles. The maximum Gasteiger partial charge on any atom is 0.311 e. The number of aromatic amines is 1. The molecule has 0 amide bonds. The number of carboxylic acid groups (broad SMARTS) is 2. The summed E-state index contributed by atoms with van der Waals surface area (Å²) in [5, 5.41) is 30.9. The second kappa shape index (κ2) is 12.6. The Balaban J connectivity index is 0.00000228. The molecule has 4 rings (SSSR count). The lowest BCUT2D eigenvalue weighted by Crippen LogP contribution is -2.20. The fourth-order valence-electron chi connectivity index (χ4n) is 4.37. The van der Waals surface area contributed by atoms with Crippen LogP contribution in [0.15, 0.2) is 48.5 Å². The van der Waals surface area contributed by atoms with Crippen LogP contribution in [0.2, 0.25) is 0 Å². The summed E-state index contributed by atoms with van der Waals surface area (Å²) in [6, 6.07) is 14.3. The zero-order valence-electron chi connectivity index (χ0n) is 19.4. The number of halogens is 2. The molecule has 0 saturated carbocycles. The van der Waals surface area contributed by atoms with E-state index in [9.17, 15) is 19.8 Å². The third-order valence-corrected chi connectivity index (χ3v) is 6.15. The SMILES string of the molecule is Cl.Cl.N=C(N)CC(C(=O)O)c1ccc2cc(CC(C(=O)O)c3ccc(O[C@H]4CCNC4)cc3)[nH]c2c1. The maximum absolute atomic E-state index is 12.1. The van der Waals surface area contributed by atoms with Crippen molar-refractivity contribution in [1.29, 1.82) is 5.41 Å². The number of aromatic nitrogens is 1. The van der Waals surface area contributed by atoms with E-state index in [0.29, 0.717) is 16.6 Å². The van der Waals surface area contributed by atoms with Gasteiger partial charge in [0.25, 0.3) is 0 Å². The molecule has 36 heavy (non-hydrogen) atoms. The van der Waals surface area contributed by atoms with E-state index < -0.39 is 23.8 Å². The molecule has 2 unspecified atom stereocenters. The van der Waals surface area contributed by atoms with Gasteiger partial charge < -0.3 is 31.0 Å². The van der Waals surface area contributed by atoms with Crippen LogP contribution in [0.25, 0.3) is 10.9 Å². The number of hydrogen-bond donors (Lipinski definition) is 6. The van der Waals surface area contributed by atoms with Crippen molar-refractivity contribution in [3.63, 3.8) is 0 Å². The van der Waals surface area contributed by atoms with Gasteiger partial charge in [-0.15, -0.1) is 24.8 Å². The van der Waals surface area contributed by atoms with Crippen molar-refractivity contribution in [2.75, 3.05) is 13.1 Å². The number of hydrogen-bond acceptors (Lipinski definition) is 5. The molecule has 3 aromatic rings. The van der Waals surface area contributed by atoms with Gasteiger partial charge in [-0.3, -0.25) is 15.0 Å². The van der Waals surface area contributed by atoms with Crippen LogP contribution in [0.3, 0.4) is 0 Å². The monoisotopic (exact) mass is 536 g/mol. The van der Waals surface area contributed by atoms with Crippen LogP contribution in [-0.4, -0.2) is 52.2 Å². The Morgan fingerprint density at radius 1 is 1.03 bits per heavy atom. The minimum Gasteiger partial charge on any atom is -0.489 e. The molecule has 0 radical (unpaired) electrons. The molecule has 9 nitrogen and oxygen atoms in total. The van der Waals surface area contributed by atoms with E-state index in [1.165, 1.54) is 0 Å². The van der Waals surface area contributed by atoms with Crippen molar-refractivity contribution >= 4 is 53.5 Å². The quantitative estimate of drug-likeness (QED) is 0.170. The highest BCUT2D eigenvalue weighted by Crippen LogP contribution is 2.28. The third-order valence-electron chi connectivity index (χ3n) is 6.15. The van der Waals surface area contributed by atoms with E-state index in [0.717, 1.165) is 36.3 Å². The number of aliphatic carboxylic acids is 2. The highest BCUT2D eigenvalue weighted by molar-refractivity contribution is 5.88. The molecule has 1 fully saturated rings. The van der Waals surface area contributed by atoms with Crippen LogP contribution in [0, 0.1) is 5.41 Å². The van der Waals surface area contributed by atoms with Crippen molar-refractivity contribution in [3.05, 3.63) is 65.4 Å². The summed E-state index contributed by atoms with van der Waals surface area (Å²) in [6.45, 7) is 1.74. The first-order chi connectivity index (χ1) is 16.3. The first kappa shape index (κ1) is 29.0. The molecule has 0 bridgehead atoms. The Morgan fingerprint density at radius 2 is 1.69 bits per heavy atom. The number of nitrogens with two attached hydrogens (primary N) is 1. The van der Waals surface area contributed by atoms with E-state index in [-0.39, 0.29) is 49.6 Å². The average molecular weight is 537 g/mol. The number of amidine groups is 1. The number of nitrogens with one attached hydrogen (secondary N) is 3. The minimum atomic E-state index is -1.05. The molecule has 1 aliphatic heterocycles. The van der Waals surface area contributed by atoms with Crippen molar-refractivity contribution in [1.82, 2.24) is 10.3 Å². The molecule has 7 N–H and O–H groups in total. The normalized spacial score (nSPS) is 16.4. The van der Waals surface area contributed by atoms with Crippen LogP contribution in [0.4, 0.5) is 0 Å². The van der Waals surface area contributed by atoms with E-state index in [2.05, 4.69) is 10.3 Å². The summed E-state index contributed by atoms with van der Waals surface area (Å²) >= 11 is 0. The van der Waals surface area contributed by atoms with Crippen LogP contribution in [-0.2, 0) is 16.0 Å². The van der Waals surface area contributed by atoms with E-state index in [1.54, 1.807) is 30.3 Å². The Bertz CT molecular complexity index is 1210. The number of fused-ring (bicyclic) bond motifs is 1. The molecule has 0 spiro atoms. The third kappa shape index (κ3) is 6.90. The standard InChI is InChI=1S/C25H28N4O5.2ClH/c26-23(27)12-21(25(32)33)15-1-2-16-9-17(29-22(16)10-15)11-20(24(30)31)14-3-5-18(6-4-14)34-19-7-8-28-13-19;;/h1-6,9-10,19-21,28-29H,7-8,11-13H2,(H3,26,27)(H,30,31)(H,32,33);2*1H/t19-,20?,21?;;/m0../s1. The van der Waals surface area contributed by atoms with Gasteiger partial charge in [0.2, 0.25) is 0 Å². The summed E-state index contributed by atoms with van der Waals surface area (Å²) in [4.78, 5) is 26.9. The molecule has 194 valence electrons. The number of carboxylic acids is 2. The molecule has 2 heterocycles. The van der Waals surface area contributed by atoms with E-state index in [1.807, 2.05) is 18.2 Å². The molecule has 1 aliphatic rings. The highest BCUT2D eigenvalue weighted by Gasteiger charge is 2.24. The fraction of sp³-hybridized carbons (Fsp3) is 0.320. The van der Waals surface area contributed by atoms with Gasteiger partial charge in [-0.25, -0.2) is 0 Å². The Morgan fingerprint density at radius 3 is 2.28 bits per heavy atom. The zero-order valence-corrected chi connectivity index (χ0v) is 21.0. The van der Waals surface area contributed by atoms with Gasteiger partial charge in [-0.1, -0.05) is 24.3 Å². The van der Waals surface area contributed by atoms with Crippen molar-refractivity contribution in [2.24, 2.45) is 5.73 Å². The molecular weight excluding hydrogens is 507 g/mol. The molecule has 3 atom stereocenters. The molecule has 1 aromatic heterocycles. The number of benzene rings is 2. The first-order valence-electron chi connectivity index (χ1n) is 11.2. The summed E-state index contributed by atoms with van der Waals surface area (Å²) in [6.07, 6.45) is 1.26. The summed E-state index contributed by atoms with van der Waals surface area (Å²) < 4.78 is 5.92. The largest absolute Gasteiger partial charge is 0.489 e. The topological polar surface area (TPSA) is 162 Å².